The van der Waals surface area contributed by atoms with E-state index in [0.717, 1.165) is 26.1 Å². The summed E-state index contributed by atoms with van der Waals surface area (Å²) in [5.74, 6) is 0.209. The predicted octanol–water partition coefficient (Wildman–Crippen LogP) is 1.56. The number of amides is 1. The molecule has 100 valence electrons. The van der Waals surface area contributed by atoms with E-state index >= 15 is 0 Å². The van der Waals surface area contributed by atoms with Crippen LogP contribution >= 0.6 is 0 Å². The molecule has 1 amide bonds. The summed E-state index contributed by atoms with van der Waals surface area (Å²) >= 11 is 0. The van der Waals surface area contributed by atoms with E-state index in [-0.39, 0.29) is 0 Å². The number of oxazole rings is 1. The Morgan fingerprint density at radius 1 is 1.37 bits per heavy atom. The van der Waals surface area contributed by atoms with E-state index in [1.54, 1.807) is 12.1 Å². The van der Waals surface area contributed by atoms with E-state index in [1.165, 1.54) is 12.8 Å². The van der Waals surface area contributed by atoms with E-state index < -0.39 is 5.91 Å². The Morgan fingerprint density at radius 3 is 2.89 bits per heavy atom. The minimum Gasteiger partial charge on any atom is -0.441 e. The van der Waals surface area contributed by atoms with Crippen LogP contribution in [0.15, 0.2) is 22.6 Å². The summed E-state index contributed by atoms with van der Waals surface area (Å²) < 4.78 is 5.67. The molecule has 1 aliphatic heterocycles. The number of carbonyl (C=O) groups is 1. The molecule has 0 unspecified atom stereocenters. The summed E-state index contributed by atoms with van der Waals surface area (Å²) in [6.07, 6.45) is 3.33. The van der Waals surface area contributed by atoms with Gasteiger partial charge in [-0.3, -0.25) is 4.79 Å². The lowest BCUT2D eigenvalue weighted by molar-refractivity contribution is 0.100. The zero-order valence-electron chi connectivity index (χ0n) is 10.8. The van der Waals surface area contributed by atoms with Gasteiger partial charge in [0.25, 0.3) is 5.91 Å². The second-order valence-electron chi connectivity index (χ2n) is 4.92. The molecule has 0 spiro atoms. The van der Waals surface area contributed by atoms with Gasteiger partial charge in [-0.1, -0.05) is 6.07 Å². The lowest BCUT2D eigenvalue weighted by Crippen LogP contribution is -2.22. The molecule has 1 fully saturated rings. The zero-order valence-corrected chi connectivity index (χ0v) is 10.8. The number of carbonyl (C=O) groups excluding carboxylic acids is 1. The molecule has 1 aromatic heterocycles. The van der Waals surface area contributed by atoms with E-state index in [1.807, 2.05) is 6.07 Å². The molecule has 5 heteroatoms. The van der Waals surface area contributed by atoms with Crippen molar-refractivity contribution >= 4 is 17.0 Å². The second kappa shape index (κ2) is 5.01. The first-order valence-electron chi connectivity index (χ1n) is 6.64. The van der Waals surface area contributed by atoms with Gasteiger partial charge in [-0.2, -0.15) is 0 Å². The molecule has 2 aromatic rings. The van der Waals surface area contributed by atoms with Gasteiger partial charge in [0.05, 0.1) is 5.56 Å². The number of nitrogens with two attached hydrogens (primary N) is 1. The van der Waals surface area contributed by atoms with Crippen molar-refractivity contribution in [2.24, 2.45) is 5.73 Å². The zero-order chi connectivity index (χ0) is 13.2. The van der Waals surface area contributed by atoms with Crippen LogP contribution in [-0.2, 0) is 6.42 Å². The van der Waals surface area contributed by atoms with E-state index in [9.17, 15) is 4.79 Å². The van der Waals surface area contributed by atoms with Gasteiger partial charge >= 0.3 is 0 Å². The Hall–Kier alpha value is -1.88. The van der Waals surface area contributed by atoms with E-state index in [4.69, 9.17) is 10.2 Å². The highest BCUT2D eigenvalue weighted by molar-refractivity contribution is 6.03. The van der Waals surface area contributed by atoms with Gasteiger partial charge in [0.1, 0.15) is 5.52 Å². The van der Waals surface area contributed by atoms with Crippen molar-refractivity contribution < 1.29 is 9.21 Å². The number of hydrogen-bond donors (Lipinski definition) is 1. The third kappa shape index (κ3) is 2.46. The maximum atomic E-state index is 11.3. The Bertz CT molecular complexity index is 600. The fourth-order valence-electron chi connectivity index (χ4n) is 2.56. The van der Waals surface area contributed by atoms with Crippen LogP contribution < -0.4 is 5.73 Å². The number of primary amides is 1. The second-order valence-corrected chi connectivity index (χ2v) is 4.92. The highest BCUT2D eigenvalue weighted by atomic mass is 16.3. The monoisotopic (exact) mass is 259 g/mol. The van der Waals surface area contributed by atoms with Crippen molar-refractivity contribution in [3.05, 3.63) is 29.7 Å². The maximum Gasteiger partial charge on any atom is 0.251 e. The predicted molar refractivity (Wildman–Crippen MR) is 71.9 cm³/mol. The molecular formula is C14H17N3O2. The summed E-state index contributed by atoms with van der Waals surface area (Å²) in [5, 5.41) is 0. The number of hydrogen-bond acceptors (Lipinski definition) is 4. The molecule has 0 radical (unpaired) electrons. The van der Waals surface area contributed by atoms with Crippen LogP contribution in [-0.4, -0.2) is 35.4 Å². The smallest absolute Gasteiger partial charge is 0.251 e. The first-order chi connectivity index (χ1) is 9.24. The van der Waals surface area contributed by atoms with E-state index in [2.05, 4.69) is 9.88 Å². The quantitative estimate of drug-likeness (QED) is 0.904. The molecule has 2 N–H and O–H groups in total. The lowest BCUT2D eigenvalue weighted by Gasteiger charge is -2.12. The molecule has 2 heterocycles. The molecule has 19 heavy (non-hydrogen) atoms. The number of rotatable bonds is 4. The van der Waals surface area contributed by atoms with Crippen LogP contribution in [0.3, 0.4) is 0 Å². The van der Waals surface area contributed by atoms with Gasteiger partial charge in [-0.25, -0.2) is 4.98 Å². The van der Waals surface area contributed by atoms with Crippen molar-refractivity contribution in [1.29, 1.82) is 0 Å². The van der Waals surface area contributed by atoms with Crippen molar-refractivity contribution in [2.75, 3.05) is 19.6 Å². The van der Waals surface area contributed by atoms with Crippen molar-refractivity contribution in [2.45, 2.75) is 19.3 Å². The molecular weight excluding hydrogens is 242 g/mol. The number of benzene rings is 1. The molecule has 0 aliphatic carbocycles. The summed E-state index contributed by atoms with van der Waals surface area (Å²) in [6.45, 7) is 3.28. The summed E-state index contributed by atoms with van der Waals surface area (Å²) in [7, 11) is 0. The molecule has 0 saturated carbocycles. The SMILES string of the molecule is NC(=O)c1cccc2oc(CCN3CCCC3)nc12. The average molecular weight is 259 g/mol. The summed E-state index contributed by atoms with van der Waals surface area (Å²) in [6, 6.07) is 5.25. The Morgan fingerprint density at radius 2 is 2.16 bits per heavy atom. The van der Waals surface area contributed by atoms with E-state index in [0.29, 0.717) is 22.6 Å². The molecule has 1 aromatic carbocycles. The van der Waals surface area contributed by atoms with Crippen LogP contribution in [0.1, 0.15) is 29.1 Å². The van der Waals surface area contributed by atoms with Crippen molar-refractivity contribution in [3.8, 4) is 0 Å². The third-order valence-corrected chi connectivity index (χ3v) is 3.57. The minimum absolute atomic E-state index is 0.425. The number of aromatic nitrogens is 1. The summed E-state index contributed by atoms with van der Waals surface area (Å²) in [4.78, 5) is 18.1. The average Bonchev–Trinajstić information content (AvgIpc) is 3.04. The third-order valence-electron chi connectivity index (χ3n) is 3.57. The minimum atomic E-state index is -0.468. The lowest BCUT2D eigenvalue weighted by atomic mass is 10.2. The van der Waals surface area contributed by atoms with Crippen LogP contribution in [0.5, 0.6) is 0 Å². The Labute approximate surface area is 111 Å². The standard InChI is InChI=1S/C14H17N3O2/c15-14(18)10-4-3-5-11-13(10)16-12(19-11)6-9-17-7-1-2-8-17/h3-5H,1-2,6-9H2,(H2,15,18). The number of para-hydroxylation sites is 1. The normalized spacial score (nSPS) is 16.2. The first kappa shape index (κ1) is 12.2. The van der Waals surface area contributed by atoms with Crippen LogP contribution in [0.2, 0.25) is 0 Å². The Balaban J connectivity index is 1.80. The topological polar surface area (TPSA) is 72.4 Å². The number of nitrogens with zero attached hydrogens (tertiary/aromatic N) is 2. The summed E-state index contributed by atoms with van der Waals surface area (Å²) in [5.41, 5.74) is 6.97. The number of fused-ring (bicyclic) bond motifs is 1. The Kier molecular flexibility index (Phi) is 3.21. The molecule has 0 bridgehead atoms. The van der Waals surface area contributed by atoms with Crippen molar-refractivity contribution in [3.63, 3.8) is 0 Å². The van der Waals surface area contributed by atoms with Gasteiger partial charge < -0.3 is 15.1 Å². The van der Waals surface area contributed by atoms with Gasteiger partial charge in [0.15, 0.2) is 11.5 Å². The van der Waals surface area contributed by atoms with Crippen LogP contribution in [0, 0.1) is 0 Å². The van der Waals surface area contributed by atoms with Crippen LogP contribution in [0.25, 0.3) is 11.1 Å². The molecule has 1 aliphatic rings. The fourth-order valence-corrected chi connectivity index (χ4v) is 2.56. The first-order valence-corrected chi connectivity index (χ1v) is 6.64. The largest absolute Gasteiger partial charge is 0.441 e. The van der Waals surface area contributed by atoms with Gasteiger partial charge in [-0.15, -0.1) is 0 Å². The maximum absolute atomic E-state index is 11.3. The van der Waals surface area contributed by atoms with Crippen LogP contribution in [0.4, 0.5) is 0 Å². The highest BCUT2D eigenvalue weighted by Gasteiger charge is 2.15. The fraction of sp³-hybridized carbons (Fsp3) is 0.429. The molecule has 3 rings (SSSR count). The number of likely N-dealkylation sites (tertiary alicyclic amines) is 1. The van der Waals surface area contributed by atoms with Gasteiger partial charge in [0.2, 0.25) is 0 Å². The molecule has 1 saturated heterocycles. The molecule has 0 atom stereocenters. The highest BCUT2D eigenvalue weighted by Crippen LogP contribution is 2.20. The van der Waals surface area contributed by atoms with Gasteiger partial charge in [-0.05, 0) is 38.1 Å². The van der Waals surface area contributed by atoms with Crippen molar-refractivity contribution in [1.82, 2.24) is 9.88 Å². The van der Waals surface area contributed by atoms with Gasteiger partial charge in [0, 0.05) is 13.0 Å². The molecule has 5 nitrogen and oxygen atoms in total.